The first-order chi connectivity index (χ1) is 12.7. The van der Waals surface area contributed by atoms with Crippen LogP contribution in [0, 0.1) is 11.8 Å². The molecule has 0 spiro atoms. The summed E-state index contributed by atoms with van der Waals surface area (Å²) in [6, 6.07) is 8.88. The molecule has 0 amide bonds. The summed E-state index contributed by atoms with van der Waals surface area (Å²) in [5.74, 6) is 0.258. The molecule has 26 heavy (non-hydrogen) atoms. The fraction of sp³-hybridized carbons (Fsp3) is 0.476. The van der Waals surface area contributed by atoms with Gasteiger partial charge in [0.25, 0.3) is 0 Å². The van der Waals surface area contributed by atoms with Crippen LogP contribution in [-0.2, 0) is 20.7 Å². The van der Waals surface area contributed by atoms with Crippen LogP contribution in [0.3, 0.4) is 0 Å². The lowest BCUT2D eigenvalue weighted by Crippen LogP contribution is -2.51. The molecule has 4 atom stereocenters. The minimum atomic E-state index is -0.256. The van der Waals surface area contributed by atoms with Gasteiger partial charge in [-0.1, -0.05) is 18.2 Å². The highest BCUT2D eigenvalue weighted by Gasteiger charge is 2.46. The van der Waals surface area contributed by atoms with Crippen LogP contribution in [0.5, 0.6) is 0 Å². The van der Waals surface area contributed by atoms with Crippen molar-refractivity contribution in [2.24, 2.45) is 11.8 Å². The monoisotopic (exact) mass is 358 g/mol. The van der Waals surface area contributed by atoms with Gasteiger partial charge in [-0.2, -0.15) is 0 Å². The van der Waals surface area contributed by atoms with E-state index in [0.717, 1.165) is 25.9 Å². The van der Waals surface area contributed by atoms with Crippen molar-refractivity contribution in [3.8, 4) is 0 Å². The van der Waals surface area contributed by atoms with Crippen molar-refractivity contribution in [1.82, 2.24) is 9.88 Å². The summed E-state index contributed by atoms with van der Waals surface area (Å²) in [6.07, 6.45) is 3.77. The van der Waals surface area contributed by atoms with E-state index < -0.39 is 0 Å². The van der Waals surface area contributed by atoms with Gasteiger partial charge in [-0.3, -0.25) is 4.90 Å². The Morgan fingerprint density at radius 2 is 2.23 bits per heavy atom. The predicted molar refractivity (Wildman–Crippen MR) is 105 cm³/mol. The Morgan fingerprint density at radius 1 is 1.38 bits per heavy atom. The maximum absolute atomic E-state index is 12.3. The molecule has 142 valence electrons. The number of aromatic nitrogens is 1. The van der Waals surface area contributed by atoms with Gasteiger partial charge in [0.15, 0.2) is 0 Å². The van der Waals surface area contributed by atoms with Crippen LogP contribution in [0.25, 0.3) is 10.9 Å². The third-order valence-corrected chi connectivity index (χ3v) is 6.54. The molecule has 5 rings (SSSR count). The van der Waals surface area contributed by atoms with Gasteiger partial charge in [0.2, 0.25) is 0 Å². The number of rotatable bonds is 1. The summed E-state index contributed by atoms with van der Waals surface area (Å²) in [4.78, 5) is 18.5. The van der Waals surface area contributed by atoms with E-state index in [9.17, 15) is 4.79 Å². The number of fused-ring (bicyclic) bond motifs is 6. The highest BCUT2D eigenvalue weighted by molar-refractivity contribution is 5.89. The Balaban J connectivity index is 0.000001000. The van der Waals surface area contributed by atoms with Crippen molar-refractivity contribution < 1.29 is 18.5 Å². The van der Waals surface area contributed by atoms with Crippen LogP contribution >= 0.6 is 0 Å². The number of benzene rings is 1. The predicted octanol–water partition coefficient (Wildman–Crippen LogP) is 3.92. The van der Waals surface area contributed by atoms with Crippen molar-refractivity contribution >= 4 is 16.9 Å². The minimum absolute atomic E-state index is 0. The number of piperidine rings is 1. The number of nitrogens with zero attached hydrogens (tertiary/aromatic N) is 1. The number of nitrogens with one attached hydrogen (secondary N) is 1. The van der Waals surface area contributed by atoms with Gasteiger partial charge in [-0.25, -0.2) is 4.79 Å². The van der Waals surface area contributed by atoms with Crippen LogP contribution in [-0.4, -0.2) is 42.2 Å². The fourth-order valence-corrected chi connectivity index (χ4v) is 5.19. The van der Waals surface area contributed by atoms with E-state index in [4.69, 9.17) is 9.47 Å². The molecule has 0 radical (unpaired) electrons. The number of hydrogen-bond acceptors (Lipinski definition) is 4. The van der Waals surface area contributed by atoms with Crippen molar-refractivity contribution in [3.63, 3.8) is 0 Å². The number of carbonyl (C=O) groups excluding carboxylic acids is 1. The van der Waals surface area contributed by atoms with E-state index in [1.807, 2.05) is 0 Å². The van der Waals surface area contributed by atoms with E-state index in [2.05, 4.69) is 41.1 Å². The second-order valence-corrected chi connectivity index (χ2v) is 7.74. The van der Waals surface area contributed by atoms with Crippen molar-refractivity contribution in [2.75, 3.05) is 20.2 Å². The van der Waals surface area contributed by atoms with Gasteiger partial charge in [-0.15, -0.1) is 0 Å². The lowest BCUT2D eigenvalue weighted by molar-refractivity contribution is -0.139. The summed E-state index contributed by atoms with van der Waals surface area (Å²) in [6.45, 7) is 4.13. The van der Waals surface area contributed by atoms with Crippen LogP contribution in [0.2, 0.25) is 0 Å². The molecule has 3 unspecified atom stereocenters. The third kappa shape index (κ3) is 2.23. The minimum Gasteiger partial charge on any atom is -0.497 e. The Hall–Kier alpha value is -2.27. The second kappa shape index (κ2) is 5.88. The lowest BCUT2D eigenvalue weighted by atomic mass is 9.72. The van der Waals surface area contributed by atoms with Crippen molar-refractivity contribution in [2.45, 2.75) is 31.9 Å². The number of carbonyl (C=O) groups is 1. The van der Waals surface area contributed by atoms with E-state index in [1.165, 1.54) is 29.3 Å². The van der Waals surface area contributed by atoms with Crippen LogP contribution in [0.15, 0.2) is 36.1 Å². The maximum Gasteiger partial charge on any atom is 0.337 e. The SMILES string of the molecule is COC(=O)C1=CO[C@H](C)C2CN3CCc4c([nH]c5ccccc45)C3CC12.[HH].[HH].[HH]. The normalized spacial score (nSPS) is 30.6. The molecule has 1 aromatic carbocycles. The molecular formula is C21H30N2O3. The largest absolute Gasteiger partial charge is 0.497 e. The van der Waals surface area contributed by atoms with E-state index >= 15 is 0 Å². The number of aromatic amines is 1. The maximum atomic E-state index is 12.3. The molecule has 5 nitrogen and oxygen atoms in total. The van der Waals surface area contributed by atoms with Crippen molar-refractivity contribution in [3.05, 3.63) is 47.4 Å². The van der Waals surface area contributed by atoms with E-state index in [-0.39, 0.29) is 22.3 Å². The van der Waals surface area contributed by atoms with E-state index in [0.29, 0.717) is 17.5 Å². The average Bonchev–Trinajstić information content (AvgIpc) is 3.06. The molecule has 0 aliphatic carbocycles. The molecule has 1 N–H and O–H groups in total. The number of ether oxygens (including phenoxy) is 2. The molecular weight excluding hydrogens is 328 g/mol. The number of para-hydroxylation sites is 1. The Morgan fingerprint density at radius 3 is 3.08 bits per heavy atom. The quantitative estimate of drug-likeness (QED) is 0.785. The van der Waals surface area contributed by atoms with E-state index in [1.54, 1.807) is 6.26 Å². The van der Waals surface area contributed by atoms with Gasteiger partial charge >= 0.3 is 5.97 Å². The van der Waals surface area contributed by atoms with Crippen LogP contribution in [0.4, 0.5) is 0 Å². The van der Waals surface area contributed by atoms with Crippen molar-refractivity contribution in [1.29, 1.82) is 0 Å². The molecule has 3 aliphatic rings. The molecule has 2 aromatic rings. The van der Waals surface area contributed by atoms with Crippen LogP contribution < -0.4 is 0 Å². The van der Waals surface area contributed by atoms with Gasteiger partial charge in [-0.05, 0) is 31.4 Å². The molecule has 1 fully saturated rings. The molecule has 1 saturated heterocycles. The van der Waals surface area contributed by atoms with Gasteiger partial charge in [0.05, 0.1) is 31.1 Å². The topological polar surface area (TPSA) is 54.6 Å². The standard InChI is InChI=1S/C21H24N2O3.3H2/c1-12-16-10-23-8-7-14-13-5-3-4-6-18(13)22-20(14)19(23)9-15(16)17(11-26-12)21(24)25-2;;;/h3-6,11-12,15-16,19,22H,7-10H2,1-2H3;3*1H/t12-,15?,16?,19?;;;/m1.../s1. The zero-order valence-corrected chi connectivity index (χ0v) is 15.2. The number of methoxy groups -OCH3 is 1. The summed E-state index contributed by atoms with van der Waals surface area (Å²) < 4.78 is 10.8. The number of esters is 1. The summed E-state index contributed by atoms with van der Waals surface area (Å²) in [5, 5.41) is 1.34. The van der Waals surface area contributed by atoms with Gasteiger partial charge in [0, 0.05) is 45.8 Å². The van der Waals surface area contributed by atoms with Gasteiger partial charge in [0.1, 0.15) is 0 Å². The Labute approximate surface area is 157 Å². The first kappa shape index (κ1) is 15.9. The molecule has 5 heteroatoms. The average molecular weight is 358 g/mol. The lowest BCUT2D eigenvalue weighted by Gasteiger charge is -2.49. The highest BCUT2D eigenvalue weighted by Crippen LogP contribution is 2.47. The summed E-state index contributed by atoms with van der Waals surface area (Å²) >= 11 is 0. The Bertz CT molecular complexity index is 914. The van der Waals surface area contributed by atoms with Gasteiger partial charge < -0.3 is 14.5 Å². The molecule has 1 aromatic heterocycles. The zero-order chi connectivity index (χ0) is 17.8. The molecule has 0 bridgehead atoms. The Kier molecular flexibility index (Phi) is 3.60. The number of H-pyrrole nitrogens is 1. The third-order valence-electron chi connectivity index (χ3n) is 6.54. The van der Waals surface area contributed by atoms with Crippen LogP contribution in [0.1, 0.15) is 34.9 Å². The molecule has 0 saturated carbocycles. The fourth-order valence-electron chi connectivity index (χ4n) is 5.19. The summed E-state index contributed by atoms with van der Waals surface area (Å²) in [7, 11) is 1.45. The first-order valence-corrected chi connectivity index (χ1v) is 9.44. The molecule has 3 aliphatic heterocycles. The first-order valence-electron chi connectivity index (χ1n) is 9.44. The number of hydrogen-bond donors (Lipinski definition) is 1. The smallest absolute Gasteiger partial charge is 0.337 e. The highest BCUT2D eigenvalue weighted by atomic mass is 16.5. The molecule has 4 heterocycles. The zero-order valence-electron chi connectivity index (χ0n) is 15.2. The summed E-state index contributed by atoms with van der Waals surface area (Å²) in [5.41, 5.74) is 4.69. The second-order valence-electron chi connectivity index (χ2n) is 7.74.